The lowest BCUT2D eigenvalue weighted by molar-refractivity contribution is -0.140. The Balaban J connectivity index is 2.78. The van der Waals surface area contributed by atoms with Crippen molar-refractivity contribution in [3.05, 3.63) is 35.1 Å². The van der Waals surface area contributed by atoms with E-state index in [2.05, 4.69) is 0 Å². The van der Waals surface area contributed by atoms with Crippen LogP contribution in [0.3, 0.4) is 0 Å². The van der Waals surface area contributed by atoms with Crippen LogP contribution in [0.5, 0.6) is 0 Å². The van der Waals surface area contributed by atoms with Crippen LogP contribution in [-0.4, -0.2) is 18.8 Å². The first-order chi connectivity index (χ1) is 8.36. The normalized spacial score (nSPS) is 13.7. The Morgan fingerprint density at radius 2 is 2.00 bits per heavy atom. The highest BCUT2D eigenvalue weighted by Gasteiger charge is 2.34. The van der Waals surface area contributed by atoms with E-state index in [-0.39, 0.29) is 5.56 Å². The van der Waals surface area contributed by atoms with Gasteiger partial charge in [0, 0.05) is 13.7 Å². The van der Waals surface area contributed by atoms with Crippen molar-refractivity contribution in [2.24, 2.45) is 0 Å². The molecule has 0 fully saturated rings. The predicted octanol–water partition coefficient (Wildman–Crippen LogP) is 3.30. The van der Waals surface area contributed by atoms with E-state index < -0.39 is 23.7 Å². The molecule has 1 N–H and O–H groups in total. The third-order valence-electron chi connectivity index (χ3n) is 2.51. The van der Waals surface area contributed by atoms with Gasteiger partial charge in [0.15, 0.2) is 0 Å². The van der Waals surface area contributed by atoms with E-state index in [4.69, 9.17) is 4.74 Å². The number of hydrogen-bond donors (Lipinski definition) is 1. The van der Waals surface area contributed by atoms with Crippen LogP contribution in [0.1, 0.15) is 30.1 Å². The molecule has 1 aromatic carbocycles. The molecule has 0 bridgehead atoms. The summed E-state index contributed by atoms with van der Waals surface area (Å²) in [6.07, 6.45) is -4.86. The molecule has 0 saturated heterocycles. The molecule has 1 atom stereocenters. The summed E-state index contributed by atoms with van der Waals surface area (Å²) in [6.45, 7) is 0.431. The van der Waals surface area contributed by atoms with E-state index in [9.17, 15) is 22.7 Å². The van der Waals surface area contributed by atoms with Crippen molar-refractivity contribution in [3.63, 3.8) is 0 Å². The van der Waals surface area contributed by atoms with Crippen LogP contribution in [0.2, 0.25) is 0 Å². The molecule has 0 amide bonds. The fourth-order valence-corrected chi connectivity index (χ4v) is 1.56. The number of halogens is 4. The van der Waals surface area contributed by atoms with Crippen molar-refractivity contribution < 1.29 is 27.4 Å². The lowest BCUT2D eigenvalue weighted by Gasteiger charge is -2.13. The van der Waals surface area contributed by atoms with Gasteiger partial charge in [-0.1, -0.05) is 6.07 Å². The average molecular weight is 266 g/mol. The van der Waals surface area contributed by atoms with Gasteiger partial charge in [0.2, 0.25) is 0 Å². The second-order valence-corrected chi connectivity index (χ2v) is 3.89. The van der Waals surface area contributed by atoms with Crippen LogP contribution < -0.4 is 0 Å². The number of aliphatic hydroxyl groups is 1. The van der Waals surface area contributed by atoms with E-state index in [0.29, 0.717) is 25.5 Å². The first-order valence-corrected chi connectivity index (χ1v) is 5.40. The SMILES string of the molecule is COCCCC(O)c1ccc(C(F)(F)F)c(F)c1. The van der Waals surface area contributed by atoms with E-state index >= 15 is 0 Å². The zero-order valence-electron chi connectivity index (χ0n) is 9.80. The Kier molecular flexibility index (Phi) is 5.10. The summed E-state index contributed by atoms with van der Waals surface area (Å²) in [7, 11) is 1.50. The van der Waals surface area contributed by atoms with Crippen molar-refractivity contribution in [2.45, 2.75) is 25.1 Å². The summed E-state index contributed by atoms with van der Waals surface area (Å²) >= 11 is 0. The van der Waals surface area contributed by atoms with Crippen LogP contribution in [0.25, 0.3) is 0 Å². The molecule has 0 saturated carbocycles. The van der Waals surface area contributed by atoms with Gasteiger partial charge in [-0.3, -0.25) is 0 Å². The molecule has 1 aromatic rings. The Morgan fingerprint density at radius 3 is 2.50 bits per heavy atom. The summed E-state index contributed by atoms with van der Waals surface area (Å²) in [5.74, 6) is -1.37. The van der Waals surface area contributed by atoms with Crippen LogP contribution >= 0.6 is 0 Å². The molecule has 0 aliphatic carbocycles. The summed E-state index contributed by atoms with van der Waals surface area (Å²) < 4.78 is 55.0. The van der Waals surface area contributed by atoms with Gasteiger partial charge < -0.3 is 9.84 Å². The highest BCUT2D eigenvalue weighted by molar-refractivity contribution is 5.27. The first kappa shape index (κ1) is 14.9. The van der Waals surface area contributed by atoms with Gasteiger partial charge in [0.25, 0.3) is 0 Å². The van der Waals surface area contributed by atoms with Crippen LogP contribution in [0.4, 0.5) is 17.6 Å². The first-order valence-electron chi connectivity index (χ1n) is 5.40. The van der Waals surface area contributed by atoms with E-state index in [1.54, 1.807) is 0 Å². The summed E-state index contributed by atoms with van der Waals surface area (Å²) in [4.78, 5) is 0. The van der Waals surface area contributed by atoms with Gasteiger partial charge >= 0.3 is 6.18 Å². The molecule has 2 nitrogen and oxygen atoms in total. The molecule has 0 spiro atoms. The molecular weight excluding hydrogens is 252 g/mol. The monoisotopic (exact) mass is 266 g/mol. The van der Waals surface area contributed by atoms with Crippen LogP contribution in [0.15, 0.2) is 18.2 Å². The maximum atomic E-state index is 13.2. The van der Waals surface area contributed by atoms with Gasteiger partial charge in [0.05, 0.1) is 11.7 Å². The minimum absolute atomic E-state index is 0.136. The minimum atomic E-state index is -4.72. The fourth-order valence-electron chi connectivity index (χ4n) is 1.56. The number of hydrogen-bond acceptors (Lipinski definition) is 2. The molecule has 18 heavy (non-hydrogen) atoms. The van der Waals surface area contributed by atoms with Gasteiger partial charge in [-0.25, -0.2) is 4.39 Å². The van der Waals surface area contributed by atoms with Crippen molar-refractivity contribution in [1.82, 2.24) is 0 Å². The van der Waals surface area contributed by atoms with Crippen LogP contribution in [0, 0.1) is 5.82 Å². The third kappa shape index (κ3) is 3.96. The average Bonchev–Trinajstić information content (AvgIpc) is 2.27. The molecule has 0 heterocycles. The second kappa shape index (κ2) is 6.15. The van der Waals surface area contributed by atoms with Gasteiger partial charge in [-0.2, -0.15) is 13.2 Å². The van der Waals surface area contributed by atoms with Crippen molar-refractivity contribution in [3.8, 4) is 0 Å². The second-order valence-electron chi connectivity index (χ2n) is 3.89. The topological polar surface area (TPSA) is 29.5 Å². The van der Waals surface area contributed by atoms with Crippen molar-refractivity contribution >= 4 is 0 Å². The van der Waals surface area contributed by atoms with E-state index in [1.165, 1.54) is 7.11 Å². The molecule has 6 heteroatoms. The van der Waals surface area contributed by atoms with E-state index in [0.717, 1.165) is 12.1 Å². The molecule has 0 aliphatic heterocycles. The molecule has 102 valence electrons. The number of alkyl halides is 3. The quantitative estimate of drug-likeness (QED) is 0.654. The standard InChI is InChI=1S/C12H14F4O2/c1-18-6-2-3-11(17)8-4-5-9(10(13)7-8)12(14,15)16/h4-5,7,11,17H,2-3,6H2,1H3. The Morgan fingerprint density at radius 1 is 1.33 bits per heavy atom. The molecule has 0 radical (unpaired) electrons. The molecule has 1 unspecified atom stereocenters. The lowest BCUT2D eigenvalue weighted by Crippen LogP contribution is -2.09. The summed E-state index contributed by atoms with van der Waals surface area (Å²) in [6, 6.07) is 2.45. The van der Waals surface area contributed by atoms with Gasteiger partial charge in [-0.05, 0) is 30.5 Å². The molecule has 1 rings (SSSR count). The number of ether oxygens (including phenoxy) is 1. The number of benzene rings is 1. The van der Waals surface area contributed by atoms with Crippen molar-refractivity contribution in [1.29, 1.82) is 0 Å². The Bertz CT molecular complexity index is 390. The zero-order valence-corrected chi connectivity index (χ0v) is 9.80. The Labute approximate surface area is 102 Å². The third-order valence-corrected chi connectivity index (χ3v) is 2.51. The molecule has 0 aromatic heterocycles. The predicted molar refractivity (Wildman–Crippen MR) is 57.5 cm³/mol. The highest BCUT2D eigenvalue weighted by Crippen LogP contribution is 2.32. The maximum absolute atomic E-state index is 13.2. The fraction of sp³-hybridized carbons (Fsp3) is 0.500. The zero-order chi connectivity index (χ0) is 13.8. The van der Waals surface area contributed by atoms with Crippen molar-refractivity contribution in [2.75, 3.05) is 13.7 Å². The van der Waals surface area contributed by atoms with E-state index in [1.807, 2.05) is 0 Å². The summed E-state index contributed by atoms with van der Waals surface area (Å²) in [5.41, 5.74) is -1.19. The van der Waals surface area contributed by atoms with Gasteiger partial charge in [-0.15, -0.1) is 0 Å². The number of rotatable bonds is 5. The lowest BCUT2D eigenvalue weighted by atomic mass is 10.0. The smallest absolute Gasteiger partial charge is 0.388 e. The number of aliphatic hydroxyl groups excluding tert-OH is 1. The summed E-state index contributed by atoms with van der Waals surface area (Å²) in [5, 5.41) is 9.66. The minimum Gasteiger partial charge on any atom is -0.388 e. The van der Waals surface area contributed by atoms with Crippen LogP contribution in [-0.2, 0) is 10.9 Å². The van der Waals surface area contributed by atoms with Gasteiger partial charge in [0.1, 0.15) is 5.82 Å². The Hall–Kier alpha value is -1.14. The maximum Gasteiger partial charge on any atom is 0.419 e. The number of methoxy groups -OCH3 is 1. The molecular formula is C12H14F4O2. The largest absolute Gasteiger partial charge is 0.419 e. The highest BCUT2D eigenvalue weighted by atomic mass is 19.4. The molecule has 0 aliphatic rings.